The topological polar surface area (TPSA) is 20.2 Å². The van der Waals surface area contributed by atoms with E-state index >= 15 is 0 Å². The van der Waals surface area contributed by atoms with Crippen molar-refractivity contribution in [1.82, 2.24) is 0 Å². The van der Waals surface area contributed by atoms with Gasteiger partial charge in [0.15, 0.2) is 0 Å². The lowest BCUT2D eigenvalue weighted by Crippen LogP contribution is -2.14. The zero-order valence-corrected chi connectivity index (χ0v) is 9.71. The molecule has 0 spiro atoms. The molecule has 0 aliphatic heterocycles. The van der Waals surface area contributed by atoms with E-state index in [1.54, 1.807) is 0 Å². The number of benzene rings is 1. The van der Waals surface area contributed by atoms with Crippen LogP contribution in [0.5, 0.6) is 5.75 Å². The van der Waals surface area contributed by atoms with E-state index in [-0.39, 0.29) is 0 Å². The second kappa shape index (κ2) is 4.26. The zero-order chi connectivity index (χ0) is 10.8. The molecule has 1 N–H and O–H groups in total. The van der Waals surface area contributed by atoms with Crippen molar-refractivity contribution < 1.29 is 5.11 Å². The second-order valence-electron chi connectivity index (χ2n) is 4.80. The molecule has 0 saturated carbocycles. The highest BCUT2D eigenvalue weighted by Gasteiger charge is 2.18. The fourth-order valence-corrected chi connectivity index (χ4v) is 2.65. The second-order valence-corrected chi connectivity index (χ2v) is 4.80. The minimum Gasteiger partial charge on any atom is -0.508 e. The predicted molar refractivity (Wildman–Crippen MR) is 63.3 cm³/mol. The van der Waals surface area contributed by atoms with Crippen LogP contribution in [-0.2, 0) is 12.8 Å². The summed E-state index contributed by atoms with van der Waals surface area (Å²) in [5.74, 6) is 1.30. The standard InChI is InChI=1S/C14H20O/c1-3-4-11-5-6-12-7-10(2)14(15)9-13(12)8-11/h7,9,11,15H,3-6,8H2,1-2H3. The molecule has 0 heterocycles. The summed E-state index contributed by atoms with van der Waals surface area (Å²) in [5.41, 5.74) is 3.85. The van der Waals surface area contributed by atoms with Gasteiger partial charge < -0.3 is 5.11 Å². The van der Waals surface area contributed by atoms with Crippen molar-refractivity contribution in [3.8, 4) is 5.75 Å². The lowest BCUT2D eigenvalue weighted by atomic mass is 9.81. The average molecular weight is 204 g/mol. The van der Waals surface area contributed by atoms with Crippen LogP contribution < -0.4 is 0 Å². The Hall–Kier alpha value is -0.980. The maximum Gasteiger partial charge on any atom is 0.118 e. The van der Waals surface area contributed by atoms with Crippen molar-refractivity contribution in [2.45, 2.75) is 46.0 Å². The van der Waals surface area contributed by atoms with E-state index in [9.17, 15) is 5.11 Å². The summed E-state index contributed by atoms with van der Waals surface area (Å²) in [6.07, 6.45) is 6.29. The Labute approximate surface area is 92.1 Å². The minimum absolute atomic E-state index is 0.464. The van der Waals surface area contributed by atoms with Crippen LogP contribution in [0.3, 0.4) is 0 Å². The number of aryl methyl sites for hydroxylation is 2. The van der Waals surface area contributed by atoms with E-state index in [1.807, 2.05) is 13.0 Å². The van der Waals surface area contributed by atoms with E-state index in [4.69, 9.17) is 0 Å². The summed E-state index contributed by atoms with van der Waals surface area (Å²) in [4.78, 5) is 0. The Bertz CT molecular complexity index is 355. The molecule has 2 rings (SSSR count). The van der Waals surface area contributed by atoms with Crippen LogP contribution in [0.2, 0.25) is 0 Å². The van der Waals surface area contributed by atoms with Crippen molar-refractivity contribution in [2.24, 2.45) is 5.92 Å². The molecule has 0 radical (unpaired) electrons. The maximum absolute atomic E-state index is 9.69. The summed E-state index contributed by atoms with van der Waals surface area (Å²) in [6.45, 7) is 4.23. The number of rotatable bonds is 2. The van der Waals surface area contributed by atoms with Gasteiger partial charge in [0.1, 0.15) is 5.75 Å². The van der Waals surface area contributed by atoms with E-state index in [1.165, 1.54) is 36.8 Å². The summed E-state index contributed by atoms with van der Waals surface area (Å²) in [6, 6.07) is 4.14. The normalized spacial score (nSPS) is 20.0. The Morgan fingerprint density at radius 3 is 2.87 bits per heavy atom. The van der Waals surface area contributed by atoms with Crippen LogP contribution in [-0.4, -0.2) is 5.11 Å². The molecule has 82 valence electrons. The van der Waals surface area contributed by atoms with Crippen LogP contribution in [0, 0.1) is 12.8 Å². The molecule has 0 aromatic heterocycles. The number of aromatic hydroxyl groups is 1. The van der Waals surface area contributed by atoms with E-state index in [2.05, 4.69) is 13.0 Å². The first kappa shape index (κ1) is 10.5. The van der Waals surface area contributed by atoms with Crippen molar-refractivity contribution in [2.75, 3.05) is 0 Å². The number of phenolic OH excluding ortho intramolecular Hbond substituents is 1. The molecule has 1 aromatic rings. The van der Waals surface area contributed by atoms with Crippen LogP contribution >= 0.6 is 0 Å². The fraction of sp³-hybridized carbons (Fsp3) is 0.571. The Morgan fingerprint density at radius 2 is 2.13 bits per heavy atom. The third-order valence-corrected chi connectivity index (χ3v) is 3.55. The number of hydrogen-bond donors (Lipinski definition) is 1. The smallest absolute Gasteiger partial charge is 0.118 e. The average Bonchev–Trinajstić information content (AvgIpc) is 2.21. The predicted octanol–water partition coefficient (Wildman–Crippen LogP) is 3.61. The lowest BCUT2D eigenvalue weighted by molar-refractivity contribution is 0.418. The van der Waals surface area contributed by atoms with Gasteiger partial charge in [0.05, 0.1) is 0 Å². The first-order chi connectivity index (χ1) is 7.20. The molecule has 1 aliphatic carbocycles. The molecule has 0 amide bonds. The molecule has 1 aromatic carbocycles. The van der Waals surface area contributed by atoms with Crippen LogP contribution in [0.4, 0.5) is 0 Å². The third kappa shape index (κ3) is 2.17. The van der Waals surface area contributed by atoms with Gasteiger partial charge in [-0.3, -0.25) is 0 Å². The Kier molecular flexibility index (Phi) is 2.99. The zero-order valence-electron chi connectivity index (χ0n) is 9.71. The molecule has 1 atom stereocenters. The maximum atomic E-state index is 9.69. The van der Waals surface area contributed by atoms with Crippen LogP contribution in [0.25, 0.3) is 0 Å². The van der Waals surface area contributed by atoms with E-state index in [0.29, 0.717) is 5.75 Å². The van der Waals surface area contributed by atoms with Crippen molar-refractivity contribution in [3.63, 3.8) is 0 Å². The van der Waals surface area contributed by atoms with Crippen LogP contribution in [0.1, 0.15) is 42.9 Å². The largest absolute Gasteiger partial charge is 0.508 e. The van der Waals surface area contributed by atoms with Crippen molar-refractivity contribution in [3.05, 3.63) is 28.8 Å². The van der Waals surface area contributed by atoms with Crippen molar-refractivity contribution >= 4 is 0 Å². The molecule has 15 heavy (non-hydrogen) atoms. The summed E-state index contributed by atoms with van der Waals surface area (Å²) in [5, 5.41) is 9.69. The quantitative estimate of drug-likeness (QED) is 0.780. The van der Waals surface area contributed by atoms with Gasteiger partial charge in [0.25, 0.3) is 0 Å². The molecule has 1 aliphatic rings. The monoisotopic (exact) mass is 204 g/mol. The van der Waals surface area contributed by atoms with Gasteiger partial charge in [-0.15, -0.1) is 0 Å². The van der Waals surface area contributed by atoms with Gasteiger partial charge >= 0.3 is 0 Å². The first-order valence-corrected chi connectivity index (χ1v) is 6.02. The van der Waals surface area contributed by atoms with Gasteiger partial charge in [-0.1, -0.05) is 25.8 Å². The van der Waals surface area contributed by atoms with E-state index in [0.717, 1.165) is 17.9 Å². The molecular formula is C14H20O. The molecule has 1 unspecified atom stereocenters. The van der Waals surface area contributed by atoms with E-state index < -0.39 is 0 Å². The molecule has 1 nitrogen and oxygen atoms in total. The summed E-state index contributed by atoms with van der Waals surface area (Å²) in [7, 11) is 0. The minimum atomic E-state index is 0.464. The Morgan fingerprint density at radius 1 is 1.33 bits per heavy atom. The highest BCUT2D eigenvalue weighted by molar-refractivity contribution is 5.42. The van der Waals surface area contributed by atoms with Crippen molar-refractivity contribution in [1.29, 1.82) is 0 Å². The highest BCUT2D eigenvalue weighted by Crippen LogP contribution is 2.32. The molecule has 1 heteroatoms. The number of hydrogen-bond acceptors (Lipinski definition) is 1. The number of phenols is 1. The van der Waals surface area contributed by atoms with Gasteiger partial charge in [0, 0.05) is 0 Å². The number of fused-ring (bicyclic) bond motifs is 1. The lowest BCUT2D eigenvalue weighted by Gasteiger charge is -2.24. The molecule has 0 bridgehead atoms. The molecule has 0 saturated heterocycles. The van der Waals surface area contributed by atoms with Gasteiger partial charge in [-0.25, -0.2) is 0 Å². The molecule has 0 fully saturated rings. The first-order valence-electron chi connectivity index (χ1n) is 6.02. The third-order valence-electron chi connectivity index (χ3n) is 3.55. The van der Waals surface area contributed by atoms with Crippen LogP contribution in [0.15, 0.2) is 12.1 Å². The highest BCUT2D eigenvalue weighted by atomic mass is 16.3. The Balaban J connectivity index is 2.22. The summed E-state index contributed by atoms with van der Waals surface area (Å²) >= 11 is 0. The fourth-order valence-electron chi connectivity index (χ4n) is 2.65. The summed E-state index contributed by atoms with van der Waals surface area (Å²) < 4.78 is 0. The SMILES string of the molecule is CCCC1CCc2cc(C)c(O)cc2C1. The molecular weight excluding hydrogens is 184 g/mol. The van der Waals surface area contributed by atoms with Gasteiger partial charge in [-0.05, 0) is 54.9 Å². The van der Waals surface area contributed by atoms with Gasteiger partial charge in [-0.2, -0.15) is 0 Å². The van der Waals surface area contributed by atoms with Gasteiger partial charge in [0.2, 0.25) is 0 Å².